The molecule has 0 spiro atoms. The third-order valence-corrected chi connectivity index (χ3v) is 3.29. The first-order chi connectivity index (χ1) is 9.31. The molecule has 1 aliphatic carbocycles. The summed E-state index contributed by atoms with van der Waals surface area (Å²) in [5.41, 5.74) is -0.451. The second-order valence-corrected chi connectivity index (χ2v) is 6.52. The minimum absolute atomic E-state index is 0.147. The van der Waals surface area contributed by atoms with Gasteiger partial charge in [-0.05, 0) is 53.9 Å². The van der Waals surface area contributed by atoms with Crippen molar-refractivity contribution in [1.29, 1.82) is 0 Å². The molecule has 0 saturated heterocycles. The maximum absolute atomic E-state index is 11.8. The molecule has 0 aromatic heterocycles. The van der Waals surface area contributed by atoms with Crippen LogP contribution in [0.4, 0.5) is 4.79 Å². The molecule has 0 aliphatic heterocycles. The molecular formula is C15H30N2O3. The van der Waals surface area contributed by atoms with Crippen molar-refractivity contribution in [3.8, 4) is 0 Å². The third-order valence-electron chi connectivity index (χ3n) is 3.29. The molecule has 1 fully saturated rings. The van der Waals surface area contributed by atoms with Crippen molar-refractivity contribution in [2.75, 3.05) is 13.2 Å². The molecule has 3 atom stereocenters. The second kappa shape index (κ2) is 7.84. The van der Waals surface area contributed by atoms with Gasteiger partial charge in [0.05, 0.1) is 6.61 Å². The van der Waals surface area contributed by atoms with Crippen molar-refractivity contribution in [3.63, 3.8) is 0 Å². The van der Waals surface area contributed by atoms with Gasteiger partial charge < -0.3 is 20.1 Å². The van der Waals surface area contributed by atoms with Crippen molar-refractivity contribution in [2.45, 2.75) is 77.6 Å². The van der Waals surface area contributed by atoms with Crippen molar-refractivity contribution in [3.05, 3.63) is 0 Å². The maximum Gasteiger partial charge on any atom is 0.407 e. The second-order valence-electron chi connectivity index (χ2n) is 6.52. The van der Waals surface area contributed by atoms with Crippen molar-refractivity contribution < 1.29 is 14.3 Å². The molecule has 0 bridgehead atoms. The summed E-state index contributed by atoms with van der Waals surface area (Å²) < 4.78 is 10.7. The SMILES string of the molecule is CCOCC(C)NC1CCCC1NC(=O)OC(C)(C)C. The Balaban J connectivity index is 2.39. The van der Waals surface area contributed by atoms with Gasteiger partial charge in [0.2, 0.25) is 0 Å². The monoisotopic (exact) mass is 286 g/mol. The van der Waals surface area contributed by atoms with Gasteiger partial charge in [0, 0.05) is 24.7 Å². The number of amides is 1. The molecule has 2 N–H and O–H groups in total. The summed E-state index contributed by atoms with van der Waals surface area (Å²) in [6.07, 6.45) is 2.88. The topological polar surface area (TPSA) is 59.6 Å². The van der Waals surface area contributed by atoms with E-state index in [-0.39, 0.29) is 12.1 Å². The summed E-state index contributed by atoms with van der Waals surface area (Å²) in [7, 11) is 0. The van der Waals surface area contributed by atoms with E-state index in [2.05, 4.69) is 17.6 Å². The highest BCUT2D eigenvalue weighted by atomic mass is 16.6. The molecule has 0 aromatic carbocycles. The molecule has 1 amide bonds. The number of alkyl carbamates (subject to hydrolysis) is 1. The predicted molar refractivity (Wildman–Crippen MR) is 79.9 cm³/mol. The van der Waals surface area contributed by atoms with Crippen LogP contribution in [0, 0.1) is 0 Å². The van der Waals surface area contributed by atoms with Crippen LogP contribution in [0.5, 0.6) is 0 Å². The molecule has 3 unspecified atom stereocenters. The average molecular weight is 286 g/mol. The number of nitrogens with one attached hydrogen (secondary N) is 2. The fourth-order valence-electron chi connectivity index (χ4n) is 2.50. The Morgan fingerprint density at radius 3 is 2.55 bits per heavy atom. The molecule has 5 heteroatoms. The van der Waals surface area contributed by atoms with Gasteiger partial charge in [0.25, 0.3) is 0 Å². The van der Waals surface area contributed by atoms with E-state index in [1.54, 1.807) is 0 Å². The van der Waals surface area contributed by atoms with Crippen LogP contribution < -0.4 is 10.6 Å². The number of carbonyl (C=O) groups excluding carboxylic acids is 1. The van der Waals surface area contributed by atoms with E-state index in [1.807, 2.05) is 27.7 Å². The van der Waals surface area contributed by atoms with Crippen LogP contribution in [-0.2, 0) is 9.47 Å². The zero-order valence-corrected chi connectivity index (χ0v) is 13.5. The fourth-order valence-corrected chi connectivity index (χ4v) is 2.50. The Morgan fingerprint density at radius 2 is 1.95 bits per heavy atom. The van der Waals surface area contributed by atoms with Crippen molar-refractivity contribution in [1.82, 2.24) is 10.6 Å². The summed E-state index contributed by atoms with van der Waals surface area (Å²) in [5.74, 6) is 0. The van der Waals surface area contributed by atoms with Crippen LogP contribution in [0.3, 0.4) is 0 Å². The van der Waals surface area contributed by atoms with Gasteiger partial charge >= 0.3 is 6.09 Å². The molecule has 20 heavy (non-hydrogen) atoms. The average Bonchev–Trinajstić information content (AvgIpc) is 2.71. The predicted octanol–water partition coefficient (Wildman–Crippen LogP) is 2.45. The fraction of sp³-hybridized carbons (Fsp3) is 0.933. The number of rotatable bonds is 6. The Kier molecular flexibility index (Phi) is 6.76. The normalized spacial score (nSPS) is 24.4. The van der Waals surface area contributed by atoms with E-state index >= 15 is 0 Å². The van der Waals surface area contributed by atoms with Gasteiger partial charge in [-0.1, -0.05) is 0 Å². The van der Waals surface area contributed by atoms with E-state index in [4.69, 9.17) is 9.47 Å². The third kappa shape index (κ3) is 6.57. The molecule has 118 valence electrons. The Labute approximate surface area is 122 Å². The summed E-state index contributed by atoms with van der Waals surface area (Å²) in [6.45, 7) is 11.2. The number of ether oxygens (including phenoxy) is 2. The van der Waals surface area contributed by atoms with E-state index in [0.717, 1.165) is 25.9 Å². The van der Waals surface area contributed by atoms with Crippen LogP contribution in [0.25, 0.3) is 0 Å². The maximum atomic E-state index is 11.8. The summed E-state index contributed by atoms with van der Waals surface area (Å²) in [4.78, 5) is 11.8. The van der Waals surface area contributed by atoms with Gasteiger partial charge in [-0.3, -0.25) is 0 Å². The van der Waals surface area contributed by atoms with Crippen LogP contribution in [0.2, 0.25) is 0 Å². The van der Waals surface area contributed by atoms with E-state index < -0.39 is 5.60 Å². The van der Waals surface area contributed by atoms with Gasteiger partial charge in [0.1, 0.15) is 5.60 Å². The summed E-state index contributed by atoms with van der Waals surface area (Å²) >= 11 is 0. The lowest BCUT2D eigenvalue weighted by molar-refractivity contribution is 0.0494. The molecule has 1 saturated carbocycles. The van der Waals surface area contributed by atoms with Gasteiger partial charge in [-0.15, -0.1) is 0 Å². The zero-order valence-electron chi connectivity index (χ0n) is 13.5. The van der Waals surface area contributed by atoms with E-state index in [1.165, 1.54) is 0 Å². The minimum Gasteiger partial charge on any atom is -0.444 e. The number of hydrogen-bond donors (Lipinski definition) is 2. The van der Waals surface area contributed by atoms with Gasteiger partial charge in [-0.25, -0.2) is 4.79 Å². The van der Waals surface area contributed by atoms with Gasteiger partial charge in [-0.2, -0.15) is 0 Å². The highest BCUT2D eigenvalue weighted by Crippen LogP contribution is 2.20. The zero-order chi connectivity index (χ0) is 15.2. The first-order valence-electron chi connectivity index (χ1n) is 7.65. The molecule has 0 heterocycles. The van der Waals surface area contributed by atoms with Crippen LogP contribution in [0.15, 0.2) is 0 Å². The number of carbonyl (C=O) groups is 1. The highest BCUT2D eigenvalue weighted by molar-refractivity contribution is 5.68. The summed E-state index contributed by atoms with van der Waals surface area (Å²) in [5, 5.41) is 6.52. The van der Waals surface area contributed by atoms with E-state index in [9.17, 15) is 4.79 Å². The lowest BCUT2D eigenvalue weighted by Gasteiger charge is -2.27. The van der Waals surface area contributed by atoms with Crippen LogP contribution >= 0.6 is 0 Å². The minimum atomic E-state index is -0.451. The molecule has 1 rings (SSSR count). The largest absolute Gasteiger partial charge is 0.444 e. The smallest absolute Gasteiger partial charge is 0.407 e. The quantitative estimate of drug-likeness (QED) is 0.787. The Bertz CT molecular complexity index is 302. The lowest BCUT2D eigenvalue weighted by atomic mass is 10.1. The van der Waals surface area contributed by atoms with Crippen molar-refractivity contribution >= 4 is 6.09 Å². The molecule has 5 nitrogen and oxygen atoms in total. The van der Waals surface area contributed by atoms with Crippen LogP contribution in [-0.4, -0.2) is 43.0 Å². The first-order valence-corrected chi connectivity index (χ1v) is 7.65. The molecule has 0 aromatic rings. The molecule has 1 aliphatic rings. The summed E-state index contributed by atoms with van der Waals surface area (Å²) in [6, 6.07) is 0.743. The first kappa shape index (κ1) is 17.2. The number of hydrogen-bond acceptors (Lipinski definition) is 4. The van der Waals surface area contributed by atoms with Crippen molar-refractivity contribution in [2.24, 2.45) is 0 Å². The Morgan fingerprint density at radius 1 is 1.30 bits per heavy atom. The Hall–Kier alpha value is -0.810. The molecule has 0 radical (unpaired) electrons. The lowest BCUT2D eigenvalue weighted by Crippen LogP contribution is -2.51. The van der Waals surface area contributed by atoms with Crippen LogP contribution in [0.1, 0.15) is 53.9 Å². The van der Waals surface area contributed by atoms with E-state index in [0.29, 0.717) is 18.7 Å². The highest BCUT2D eigenvalue weighted by Gasteiger charge is 2.30. The standard InChI is InChI=1S/C15H30N2O3/c1-6-19-10-11(2)16-12-8-7-9-13(12)17-14(18)20-15(3,4)5/h11-13,16H,6-10H2,1-5H3,(H,17,18). The molecular weight excluding hydrogens is 256 g/mol. The van der Waals surface area contributed by atoms with Gasteiger partial charge in [0.15, 0.2) is 0 Å².